The zero-order valence-corrected chi connectivity index (χ0v) is 15.4. The average Bonchev–Trinajstić information content (AvgIpc) is 2.84. The molecular weight excluding hydrogens is 324 g/mol. The number of fused-ring (bicyclic) bond motifs is 1. The third-order valence-electron chi connectivity index (χ3n) is 2.80. The number of hydrazine groups is 1. The Labute approximate surface area is 146 Å². The van der Waals surface area contributed by atoms with E-state index in [0.29, 0.717) is 11.5 Å². The lowest BCUT2D eigenvalue weighted by molar-refractivity contribution is 0.0423. The fraction of sp³-hybridized carbons (Fsp3) is 0.471. The maximum atomic E-state index is 12.6. The van der Waals surface area contributed by atoms with E-state index in [1.54, 1.807) is 64.3 Å². The lowest BCUT2D eigenvalue weighted by Gasteiger charge is -2.28. The highest BCUT2D eigenvalue weighted by Gasteiger charge is 2.29. The summed E-state index contributed by atoms with van der Waals surface area (Å²) in [5.41, 5.74) is 1.61. The monoisotopic (exact) mass is 348 g/mol. The Morgan fingerprint density at radius 2 is 1.72 bits per heavy atom. The second-order valence-electron chi connectivity index (χ2n) is 7.47. The number of carbonyl (C=O) groups is 2. The smallest absolute Gasteiger partial charge is 0.435 e. The Morgan fingerprint density at radius 3 is 2.32 bits per heavy atom. The van der Waals surface area contributed by atoms with Gasteiger partial charge >= 0.3 is 12.2 Å². The van der Waals surface area contributed by atoms with Gasteiger partial charge in [0.05, 0.1) is 6.20 Å². The molecule has 136 valence electrons. The van der Waals surface area contributed by atoms with E-state index in [2.05, 4.69) is 10.4 Å². The third-order valence-corrected chi connectivity index (χ3v) is 2.80. The van der Waals surface area contributed by atoms with Gasteiger partial charge in [-0.3, -0.25) is 4.40 Å². The molecule has 25 heavy (non-hydrogen) atoms. The van der Waals surface area contributed by atoms with Crippen LogP contribution in [-0.4, -0.2) is 32.8 Å². The molecule has 0 bridgehead atoms. The van der Waals surface area contributed by atoms with Gasteiger partial charge in [0.25, 0.3) is 0 Å². The van der Waals surface area contributed by atoms with Crippen molar-refractivity contribution in [1.29, 1.82) is 0 Å². The Balaban J connectivity index is 2.35. The van der Waals surface area contributed by atoms with Crippen LogP contribution >= 0.6 is 0 Å². The van der Waals surface area contributed by atoms with Gasteiger partial charge in [-0.05, 0) is 53.7 Å². The second kappa shape index (κ2) is 6.62. The van der Waals surface area contributed by atoms with E-state index < -0.39 is 23.4 Å². The van der Waals surface area contributed by atoms with Crippen molar-refractivity contribution in [1.82, 2.24) is 14.8 Å². The molecule has 0 aliphatic carbocycles. The highest BCUT2D eigenvalue weighted by atomic mass is 16.6. The van der Waals surface area contributed by atoms with Gasteiger partial charge < -0.3 is 9.47 Å². The molecule has 0 saturated carbocycles. The van der Waals surface area contributed by atoms with Gasteiger partial charge in [-0.15, -0.1) is 0 Å². The predicted octanol–water partition coefficient (Wildman–Crippen LogP) is 3.52. The number of aromatic nitrogens is 2. The number of carbonyl (C=O) groups excluding carboxylic acids is 2. The van der Waals surface area contributed by atoms with Crippen molar-refractivity contribution in [2.45, 2.75) is 52.7 Å². The minimum absolute atomic E-state index is 0.329. The second-order valence-corrected chi connectivity index (χ2v) is 7.47. The molecule has 2 aromatic heterocycles. The van der Waals surface area contributed by atoms with Crippen LogP contribution in [0.3, 0.4) is 0 Å². The van der Waals surface area contributed by atoms with E-state index in [9.17, 15) is 9.59 Å². The summed E-state index contributed by atoms with van der Waals surface area (Å²) in [5, 5.41) is 0.985. The van der Waals surface area contributed by atoms with Crippen molar-refractivity contribution in [2.24, 2.45) is 0 Å². The molecule has 0 spiro atoms. The maximum absolute atomic E-state index is 12.6. The van der Waals surface area contributed by atoms with Crippen LogP contribution in [0.1, 0.15) is 41.5 Å². The van der Waals surface area contributed by atoms with Gasteiger partial charge in [0.1, 0.15) is 16.8 Å². The van der Waals surface area contributed by atoms with E-state index in [1.165, 1.54) is 6.20 Å². The molecular formula is C17H24N4O4. The lowest BCUT2D eigenvalue weighted by Crippen LogP contribution is -2.50. The summed E-state index contributed by atoms with van der Waals surface area (Å²) >= 11 is 0. The average molecular weight is 348 g/mol. The van der Waals surface area contributed by atoms with Gasteiger partial charge in [-0.25, -0.2) is 20.0 Å². The van der Waals surface area contributed by atoms with E-state index in [1.807, 2.05) is 6.07 Å². The molecule has 0 aliphatic heterocycles. The number of hydrogen-bond donors (Lipinski definition) is 1. The lowest BCUT2D eigenvalue weighted by atomic mass is 10.2. The zero-order valence-electron chi connectivity index (χ0n) is 15.4. The van der Waals surface area contributed by atoms with Crippen molar-refractivity contribution in [3.05, 3.63) is 30.6 Å². The predicted molar refractivity (Wildman–Crippen MR) is 93.3 cm³/mol. The van der Waals surface area contributed by atoms with Gasteiger partial charge in [0.2, 0.25) is 0 Å². The van der Waals surface area contributed by atoms with Crippen LogP contribution in [0.25, 0.3) is 5.65 Å². The van der Waals surface area contributed by atoms with Crippen LogP contribution in [0.4, 0.5) is 15.4 Å². The van der Waals surface area contributed by atoms with Crippen LogP contribution in [0.2, 0.25) is 0 Å². The Bertz CT molecular complexity index is 771. The van der Waals surface area contributed by atoms with Crippen molar-refractivity contribution in [3.8, 4) is 0 Å². The molecule has 2 rings (SSSR count). The molecule has 0 fully saturated rings. The standard InChI is InChI=1S/C17H24N4O4/c1-16(2,3)24-14(22)19-21(15(23)25-17(4,5)6)13-11-18-12-9-7-8-10-20(12)13/h7-11H,1-6H3,(H,19,22). The number of imidazole rings is 1. The van der Waals surface area contributed by atoms with Crippen LogP contribution < -0.4 is 10.4 Å². The molecule has 1 N–H and O–H groups in total. The molecule has 0 aliphatic rings. The number of nitrogens with zero attached hydrogens (tertiary/aromatic N) is 3. The molecule has 2 amide bonds. The van der Waals surface area contributed by atoms with Crippen molar-refractivity contribution in [3.63, 3.8) is 0 Å². The van der Waals surface area contributed by atoms with Crippen molar-refractivity contribution >= 4 is 23.7 Å². The first-order valence-electron chi connectivity index (χ1n) is 7.91. The first-order chi connectivity index (χ1) is 11.5. The Morgan fingerprint density at radius 1 is 1.08 bits per heavy atom. The fourth-order valence-corrected chi connectivity index (χ4v) is 1.98. The highest BCUT2D eigenvalue weighted by molar-refractivity contribution is 5.90. The largest absolute Gasteiger partial charge is 0.443 e. The van der Waals surface area contributed by atoms with E-state index in [-0.39, 0.29) is 0 Å². The number of ether oxygens (including phenoxy) is 2. The highest BCUT2D eigenvalue weighted by Crippen LogP contribution is 2.19. The van der Waals surface area contributed by atoms with E-state index >= 15 is 0 Å². The molecule has 0 unspecified atom stereocenters. The summed E-state index contributed by atoms with van der Waals surface area (Å²) in [4.78, 5) is 29.0. The van der Waals surface area contributed by atoms with E-state index in [4.69, 9.17) is 9.47 Å². The van der Waals surface area contributed by atoms with Crippen molar-refractivity contribution in [2.75, 3.05) is 5.01 Å². The summed E-state index contributed by atoms with van der Waals surface area (Å²) in [6.07, 6.45) is 1.68. The fourth-order valence-electron chi connectivity index (χ4n) is 1.98. The SMILES string of the molecule is CC(C)(C)OC(=O)NN(C(=O)OC(C)(C)C)c1cnc2ccccn12. The van der Waals surface area contributed by atoms with Gasteiger partial charge in [0, 0.05) is 6.20 Å². The summed E-state index contributed by atoms with van der Waals surface area (Å²) in [5.74, 6) is 0.329. The maximum Gasteiger partial charge on any atom is 0.435 e. The molecule has 0 aromatic carbocycles. The normalized spacial score (nSPS) is 11.9. The number of hydrogen-bond acceptors (Lipinski definition) is 5. The molecule has 0 atom stereocenters. The number of rotatable bonds is 1. The summed E-state index contributed by atoms with van der Waals surface area (Å²) in [6, 6.07) is 5.40. The zero-order chi connectivity index (χ0) is 18.8. The first kappa shape index (κ1) is 18.6. The third kappa shape index (κ3) is 5.10. The molecule has 2 aromatic rings. The molecule has 8 nitrogen and oxygen atoms in total. The Hall–Kier alpha value is -2.77. The van der Waals surface area contributed by atoms with Crippen LogP contribution in [0, 0.1) is 0 Å². The Kier molecular flexibility index (Phi) is 4.92. The van der Waals surface area contributed by atoms with Gasteiger partial charge in [0.15, 0.2) is 5.82 Å². The summed E-state index contributed by atoms with van der Waals surface area (Å²) < 4.78 is 12.3. The summed E-state index contributed by atoms with van der Waals surface area (Å²) in [6.45, 7) is 10.4. The minimum Gasteiger partial charge on any atom is -0.443 e. The van der Waals surface area contributed by atoms with Crippen LogP contribution in [-0.2, 0) is 9.47 Å². The molecule has 0 saturated heterocycles. The van der Waals surface area contributed by atoms with Crippen molar-refractivity contribution < 1.29 is 19.1 Å². The van der Waals surface area contributed by atoms with E-state index in [0.717, 1.165) is 5.01 Å². The summed E-state index contributed by atoms with van der Waals surface area (Å²) in [7, 11) is 0. The number of pyridine rings is 1. The van der Waals surface area contributed by atoms with Crippen LogP contribution in [0.5, 0.6) is 0 Å². The topological polar surface area (TPSA) is 85.2 Å². The molecule has 2 heterocycles. The number of nitrogens with one attached hydrogen (secondary N) is 1. The van der Waals surface area contributed by atoms with Gasteiger partial charge in [-0.2, -0.15) is 5.01 Å². The van der Waals surface area contributed by atoms with Gasteiger partial charge in [-0.1, -0.05) is 6.07 Å². The number of amides is 2. The first-order valence-corrected chi connectivity index (χ1v) is 7.91. The molecule has 8 heteroatoms. The molecule has 0 radical (unpaired) electrons. The van der Waals surface area contributed by atoms with Crippen LogP contribution in [0.15, 0.2) is 30.6 Å². The quantitative estimate of drug-likeness (QED) is 0.797. The number of anilines is 1. The minimum atomic E-state index is -0.774.